The third kappa shape index (κ3) is 6.54. The van der Waals surface area contributed by atoms with E-state index in [1.807, 2.05) is 67.0 Å². The van der Waals surface area contributed by atoms with E-state index in [-0.39, 0.29) is 12.1 Å². The molecule has 3 heterocycles. The predicted octanol–water partition coefficient (Wildman–Crippen LogP) is 5.43. The molecule has 1 saturated carbocycles. The number of rotatable bonds is 7. The number of amides is 2. The predicted molar refractivity (Wildman–Crippen MR) is 150 cm³/mol. The Bertz CT molecular complexity index is 1450. The van der Waals surface area contributed by atoms with Crippen LogP contribution in [0.1, 0.15) is 36.8 Å². The molecular formula is C30H30N8O. The number of benzene rings is 1. The van der Waals surface area contributed by atoms with Gasteiger partial charge in [-0.3, -0.25) is 14.6 Å². The monoisotopic (exact) mass is 518 g/mol. The van der Waals surface area contributed by atoms with Gasteiger partial charge in [0, 0.05) is 61.9 Å². The molecule has 1 aromatic carbocycles. The maximum atomic E-state index is 13.5. The number of nitriles is 1. The fourth-order valence-corrected chi connectivity index (χ4v) is 4.86. The average Bonchev–Trinajstić information content (AvgIpc) is 3.43. The Labute approximate surface area is 227 Å². The third-order valence-electron chi connectivity index (χ3n) is 6.97. The number of carbonyl (C=O) groups is 1. The Kier molecular flexibility index (Phi) is 8.03. The van der Waals surface area contributed by atoms with Crippen molar-refractivity contribution in [3.63, 3.8) is 0 Å². The number of aliphatic imine (C=N–C) groups is 1. The Hall–Kier alpha value is -4.84. The summed E-state index contributed by atoms with van der Waals surface area (Å²) >= 11 is 0. The van der Waals surface area contributed by atoms with Crippen LogP contribution in [0, 0.1) is 17.2 Å². The van der Waals surface area contributed by atoms with Gasteiger partial charge in [0.05, 0.1) is 11.8 Å². The van der Waals surface area contributed by atoms with Crippen LogP contribution < -0.4 is 10.2 Å². The summed E-state index contributed by atoms with van der Waals surface area (Å²) in [6.07, 6.45) is 14.4. The van der Waals surface area contributed by atoms with Crippen molar-refractivity contribution in [2.24, 2.45) is 18.0 Å². The zero-order valence-electron chi connectivity index (χ0n) is 21.8. The number of carbonyl (C=O) groups excluding carboxylic acids is 1. The molecule has 196 valence electrons. The van der Waals surface area contributed by atoms with E-state index in [1.54, 1.807) is 29.2 Å². The molecule has 5 rings (SSSR count). The smallest absolute Gasteiger partial charge is 0.322 e. The summed E-state index contributed by atoms with van der Waals surface area (Å²) in [5.41, 5.74) is 4.43. The zero-order chi connectivity index (χ0) is 27.0. The van der Waals surface area contributed by atoms with Gasteiger partial charge >= 0.3 is 6.03 Å². The van der Waals surface area contributed by atoms with Crippen molar-refractivity contribution < 1.29 is 4.79 Å². The second-order valence-electron chi connectivity index (χ2n) is 9.70. The van der Waals surface area contributed by atoms with Gasteiger partial charge in [-0.25, -0.2) is 14.8 Å². The highest BCUT2D eigenvalue weighted by atomic mass is 16.2. The van der Waals surface area contributed by atoms with Crippen molar-refractivity contribution in [2.45, 2.75) is 38.3 Å². The Morgan fingerprint density at radius 1 is 1.10 bits per heavy atom. The second-order valence-corrected chi connectivity index (χ2v) is 9.70. The summed E-state index contributed by atoms with van der Waals surface area (Å²) in [6, 6.07) is 17.4. The highest BCUT2D eigenvalue weighted by Crippen LogP contribution is 2.32. The molecule has 0 radical (unpaired) electrons. The van der Waals surface area contributed by atoms with E-state index in [1.165, 1.54) is 6.20 Å². The lowest BCUT2D eigenvalue weighted by atomic mass is 9.86. The van der Waals surface area contributed by atoms with Crippen LogP contribution >= 0.6 is 0 Å². The van der Waals surface area contributed by atoms with Gasteiger partial charge in [-0.1, -0.05) is 18.2 Å². The van der Waals surface area contributed by atoms with Crippen LogP contribution in [-0.2, 0) is 13.6 Å². The lowest BCUT2D eigenvalue weighted by molar-refractivity contribution is 0.240. The molecule has 0 bridgehead atoms. The van der Waals surface area contributed by atoms with E-state index in [0.717, 1.165) is 48.1 Å². The highest BCUT2D eigenvalue weighted by Gasteiger charge is 2.29. The van der Waals surface area contributed by atoms with Crippen molar-refractivity contribution in [2.75, 3.05) is 4.90 Å². The number of hydrogen-bond donors (Lipinski definition) is 1. The zero-order valence-corrected chi connectivity index (χ0v) is 21.8. The van der Waals surface area contributed by atoms with Gasteiger partial charge in [-0.05, 0) is 73.1 Å². The first kappa shape index (κ1) is 25.8. The van der Waals surface area contributed by atoms with E-state index in [9.17, 15) is 4.79 Å². The normalized spacial score (nSPS) is 17.0. The summed E-state index contributed by atoms with van der Waals surface area (Å²) in [6.45, 7) is 0.413. The molecule has 0 saturated heterocycles. The van der Waals surface area contributed by atoms with Crippen LogP contribution in [0.3, 0.4) is 0 Å². The van der Waals surface area contributed by atoms with E-state index >= 15 is 0 Å². The molecule has 9 nitrogen and oxygen atoms in total. The van der Waals surface area contributed by atoms with Crippen LogP contribution in [-0.4, -0.2) is 38.0 Å². The first-order valence-corrected chi connectivity index (χ1v) is 13.0. The van der Waals surface area contributed by atoms with Gasteiger partial charge in [-0.2, -0.15) is 10.4 Å². The highest BCUT2D eigenvalue weighted by molar-refractivity contribution is 5.93. The summed E-state index contributed by atoms with van der Waals surface area (Å²) in [7, 11) is 1.90. The Morgan fingerprint density at radius 3 is 2.56 bits per heavy atom. The van der Waals surface area contributed by atoms with Crippen molar-refractivity contribution in [1.29, 1.82) is 5.26 Å². The van der Waals surface area contributed by atoms with Gasteiger partial charge in [0.15, 0.2) is 5.82 Å². The van der Waals surface area contributed by atoms with Gasteiger partial charge in [-0.15, -0.1) is 0 Å². The molecule has 1 N–H and O–H groups in total. The molecule has 2 amide bonds. The van der Waals surface area contributed by atoms with Crippen LogP contribution in [0.25, 0.3) is 11.1 Å². The van der Waals surface area contributed by atoms with E-state index in [0.29, 0.717) is 23.8 Å². The van der Waals surface area contributed by atoms with Gasteiger partial charge < -0.3 is 5.32 Å². The Morgan fingerprint density at radius 2 is 1.92 bits per heavy atom. The minimum atomic E-state index is -0.119. The largest absolute Gasteiger partial charge is 0.334 e. The number of nitrogens with one attached hydrogen (secondary N) is 1. The number of urea groups is 1. The number of pyridine rings is 2. The van der Waals surface area contributed by atoms with Crippen molar-refractivity contribution in [1.82, 2.24) is 25.1 Å². The minimum Gasteiger partial charge on any atom is -0.334 e. The molecule has 3 aromatic heterocycles. The first-order chi connectivity index (χ1) is 19.1. The first-order valence-electron chi connectivity index (χ1n) is 13.0. The van der Waals surface area contributed by atoms with Gasteiger partial charge in [0.25, 0.3) is 0 Å². The molecule has 0 aliphatic heterocycles. The lowest BCUT2D eigenvalue weighted by Crippen LogP contribution is -2.47. The number of anilines is 1. The fraction of sp³-hybridized carbons (Fsp3) is 0.267. The van der Waals surface area contributed by atoms with E-state index in [2.05, 4.69) is 31.4 Å². The summed E-state index contributed by atoms with van der Waals surface area (Å²) in [4.78, 5) is 28.3. The van der Waals surface area contributed by atoms with E-state index in [4.69, 9.17) is 5.26 Å². The summed E-state index contributed by atoms with van der Waals surface area (Å²) < 4.78 is 1.78. The standard InChI is InChI=1S/C30H30N8O/c1-37-21-26(20-36-37)25-7-11-28(12-8-25)38(30(39)35-19-24-3-2-14-32-16-24)27-9-4-22(5-10-27)17-33-29-13-6-23(15-31)18-34-29/h2-3,6-8,11-14,16-18,20-22,27H,4-5,9-10,19H2,1H3,(H,35,39). The second kappa shape index (κ2) is 12.1. The molecule has 1 fully saturated rings. The summed E-state index contributed by atoms with van der Waals surface area (Å²) in [5, 5.41) is 16.3. The molecule has 0 spiro atoms. The summed E-state index contributed by atoms with van der Waals surface area (Å²) in [5.74, 6) is 0.910. The maximum Gasteiger partial charge on any atom is 0.322 e. The number of aryl methyl sites for hydroxylation is 1. The van der Waals surface area contributed by atoms with Crippen LogP contribution in [0.15, 0.2) is 84.5 Å². The molecule has 0 atom stereocenters. The minimum absolute atomic E-state index is 0.0702. The molecule has 1 aliphatic carbocycles. The van der Waals surface area contributed by atoms with Crippen molar-refractivity contribution >= 4 is 23.8 Å². The number of hydrogen-bond acceptors (Lipinski definition) is 6. The van der Waals surface area contributed by atoms with E-state index < -0.39 is 0 Å². The average molecular weight is 519 g/mol. The number of nitrogens with zero attached hydrogens (tertiary/aromatic N) is 7. The lowest BCUT2D eigenvalue weighted by Gasteiger charge is -2.36. The molecule has 0 unspecified atom stereocenters. The van der Waals surface area contributed by atoms with Crippen LogP contribution in [0.2, 0.25) is 0 Å². The quantitative estimate of drug-likeness (QED) is 0.328. The molecular weight excluding hydrogens is 488 g/mol. The maximum absolute atomic E-state index is 13.5. The van der Waals surface area contributed by atoms with Gasteiger partial charge in [0.2, 0.25) is 0 Å². The molecule has 1 aliphatic rings. The molecule has 9 heteroatoms. The molecule has 4 aromatic rings. The van der Waals surface area contributed by atoms with Crippen LogP contribution in [0.4, 0.5) is 16.3 Å². The topological polar surface area (TPSA) is 112 Å². The third-order valence-corrected chi connectivity index (χ3v) is 6.97. The van der Waals surface area contributed by atoms with Crippen molar-refractivity contribution in [3.8, 4) is 17.2 Å². The van der Waals surface area contributed by atoms with Crippen LogP contribution in [0.5, 0.6) is 0 Å². The van der Waals surface area contributed by atoms with Crippen molar-refractivity contribution in [3.05, 3.63) is 90.6 Å². The molecule has 39 heavy (non-hydrogen) atoms. The SMILES string of the molecule is Cn1cc(-c2ccc(N(C(=O)NCc3cccnc3)C3CCC(C=Nc4ccc(C#N)cn4)CC3)cc2)cn1. The Balaban J connectivity index is 1.29. The fourth-order valence-electron chi connectivity index (χ4n) is 4.86. The van der Waals surface area contributed by atoms with Gasteiger partial charge in [0.1, 0.15) is 6.07 Å². The number of aromatic nitrogens is 4.